The molecule has 7 heteroatoms. The van der Waals surface area contributed by atoms with E-state index in [9.17, 15) is 4.79 Å². The lowest BCUT2D eigenvalue weighted by atomic mass is 10.1. The molecule has 4 nitrogen and oxygen atoms in total. The van der Waals surface area contributed by atoms with Crippen molar-refractivity contribution in [3.63, 3.8) is 0 Å². The molecule has 2 N–H and O–H groups in total. The van der Waals surface area contributed by atoms with Crippen LogP contribution in [0.2, 0.25) is 5.02 Å². The Balaban J connectivity index is 2.14. The van der Waals surface area contributed by atoms with Crippen molar-refractivity contribution in [1.29, 1.82) is 0 Å². The summed E-state index contributed by atoms with van der Waals surface area (Å²) in [4.78, 5) is 12.4. The Morgan fingerprint density at radius 3 is 2.58 bits per heavy atom. The maximum absolute atomic E-state index is 12.4. The van der Waals surface area contributed by atoms with Crippen LogP contribution in [0.5, 0.6) is 5.75 Å². The summed E-state index contributed by atoms with van der Waals surface area (Å²) in [5, 5.41) is 6.36. The molecule has 126 valence electrons. The predicted molar refractivity (Wildman–Crippen MR) is 110 cm³/mol. The van der Waals surface area contributed by atoms with Gasteiger partial charge in [0.05, 0.1) is 12.7 Å². The van der Waals surface area contributed by atoms with Gasteiger partial charge in [-0.25, -0.2) is 0 Å². The zero-order valence-corrected chi connectivity index (χ0v) is 17.1. The summed E-state index contributed by atoms with van der Waals surface area (Å²) in [5.41, 5.74) is 3.36. The summed E-state index contributed by atoms with van der Waals surface area (Å²) >= 11 is 13.5. The fourth-order valence-corrected chi connectivity index (χ4v) is 3.09. The van der Waals surface area contributed by atoms with Crippen LogP contribution in [0.1, 0.15) is 21.5 Å². The molecule has 0 aliphatic rings. The lowest BCUT2D eigenvalue weighted by Crippen LogP contribution is -2.34. The normalized spacial score (nSPS) is 10.2. The topological polar surface area (TPSA) is 50.4 Å². The van der Waals surface area contributed by atoms with Crippen molar-refractivity contribution in [2.24, 2.45) is 0 Å². The number of thiocarbonyl (C=S) groups is 1. The standard InChI is InChI=1S/C17H16ClIN2O2S/c1-9-7-14(10(2)6-13(9)19)20-17(24)21-16(22)12-8-11(18)4-5-15(12)23-3/h4-8H,1-3H3,(H2,20,21,22,24). The van der Waals surface area contributed by atoms with E-state index in [1.54, 1.807) is 18.2 Å². The van der Waals surface area contributed by atoms with Crippen molar-refractivity contribution >= 4 is 63.1 Å². The van der Waals surface area contributed by atoms with Crippen LogP contribution in [-0.4, -0.2) is 18.1 Å². The number of carbonyl (C=O) groups is 1. The number of nitrogens with one attached hydrogen (secondary N) is 2. The fraction of sp³-hybridized carbons (Fsp3) is 0.176. The highest BCUT2D eigenvalue weighted by Crippen LogP contribution is 2.23. The Bertz CT molecular complexity index is 811. The van der Waals surface area contributed by atoms with E-state index >= 15 is 0 Å². The minimum atomic E-state index is -0.383. The van der Waals surface area contributed by atoms with Crippen molar-refractivity contribution in [3.05, 3.63) is 55.6 Å². The summed E-state index contributed by atoms with van der Waals surface area (Å²) < 4.78 is 6.36. The summed E-state index contributed by atoms with van der Waals surface area (Å²) in [6.45, 7) is 4.00. The maximum Gasteiger partial charge on any atom is 0.261 e. The number of rotatable bonds is 3. The van der Waals surface area contributed by atoms with Crippen LogP contribution in [0.3, 0.4) is 0 Å². The van der Waals surface area contributed by atoms with Crippen molar-refractivity contribution in [3.8, 4) is 5.75 Å². The van der Waals surface area contributed by atoms with Gasteiger partial charge in [-0.1, -0.05) is 11.6 Å². The van der Waals surface area contributed by atoms with E-state index in [1.165, 1.54) is 10.7 Å². The van der Waals surface area contributed by atoms with Gasteiger partial charge >= 0.3 is 0 Å². The molecule has 0 bridgehead atoms. The van der Waals surface area contributed by atoms with Crippen molar-refractivity contribution in [2.75, 3.05) is 12.4 Å². The Hall–Kier alpha value is -1.38. The molecule has 0 saturated heterocycles. The minimum absolute atomic E-state index is 0.214. The monoisotopic (exact) mass is 474 g/mol. The molecule has 2 aromatic carbocycles. The zero-order chi connectivity index (χ0) is 17.9. The van der Waals surface area contributed by atoms with E-state index in [0.29, 0.717) is 16.3 Å². The van der Waals surface area contributed by atoms with Crippen LogP contribution >= 0.6 is 46.4 Å². The van der Waals surface area contributed by atoms with Crippen LogP contribution in [0.15, 0.2) is 30.3 Å². The van der Waals surface area contributed by atoms with E-state index in [2.05, 4.69) is 39.3 Å². The van der Waals surface area contributed by atoms with E-state index in [-0.39, 0.29) is 11.0 Å². The van der Waals surface area contributed by atoms with Crippen LogP contribution in [0, 0.1) is 17.4 Å². The molecule has 0 atom stereocenters. The molecule has 0 spiro atoms. The van der Waals surface area contributed by atoms with Gasteiger partial charge < -0.3 is 10.1 Å². The smallest absolute Gasteiger partial charge is 0.261 e. The molecule has 0 aliphatic carbocycles. The van der Waals surface area contributed by atoms with E-state index < -0.39 is 0 Å². The van der Waals surface area contributed by atoms with E-state index in [0.717, 1.165) is 16.8 Å². The first-order chi connectivity index (χ1) is 11.3. The van der Waals surface area contributed by atoms with Crippen molar-refractivity contribution in [1.82, 2.24) is 5.32 Å². The second-order valence-electron chi connectivity index (χ2n) is 5.17. The molecule has 0 aromatic heterocycles. The molecule has 0 aliphatic heterocycles. The molecule has 0 fully saturated rings. The third-order valence-corrected chi connectivity index (χ3v) is 4.99. The number of anilines is 1. The fourth-order valence-electron chi connectivity index (χ4n) is 2.10. The largest absolute Gasteiger partial charge is 0.496 e. The average molecular weight is 475 g/mol. The SMILES string of the molecule is COc1ccc(Cl)cc1C(=O)NC(=S)Nc1cc(C)c(I)cc1C. The van der Waals surface area contributed by atoms with Crippen LogP contribution in [-0.2, 0) is 0 Å². The molecule has 0 unspecified atom stereocenters. The molecule has 2 rings (SSSR count). The van der Waals surface area contributed by atoms with Gasteiger partial charge in [0.15, 0.2) is 5.11 Å². The summed E-state index contributed by atoms with van der Waals surface area (Å²) in [6.07, 6.45) is 0. The highest BCUT2D eigenvalue weighted by atomic mass is 127. The highest BCUT2D eigenvalue weighted by molar-refractivity contribution is 14.1. The third kappa shape index (κ3) is 4.58. The van der Waals surface area contributed by atoms with Gasteiger partial charge in [0.1, 0.15) is 5.75 Å². The molecule has 1 amide bonds. The molecule has 0 radical (unpaired) electrons. The number of ether oxygens (including phenoxy) is 1. The first-order valence-electron chi connectivity index (χ1n) is 7.04. The molecule has 0 heterocycles. The Morgan fingerprint density at radius 2 is 1.92 bits per heavy atom. The lowest BCUT2D eigenvalue weighted by molar-refractivity contribution is 0.0975. The first kappa shape index (κ1) is 19.0. The van der Waals surface area contributed by atoms with Crippen LogP contribution in [0.4, 0.5) is 5.69 Å². The van der Waals surface area contributed by atoms with Gasteiger partial charge in [0, 0.05) is 14.3 Å². The Labute approximate surface area is 165 Å². The van der Waals surface area contributed by atoms with Gasteiger partial charge in [-0.15, -0.1) is 0 Å². The number of benzene rings is 2. The predicted octanol–water partition coefficient (Wildman–Crippen LogP) is 4.70. The van der Waals surface area contributed by atoms with Crippen LogP contribution < -0.4 is 15.4 Å². The summed E-state index contributed by atoms with van der Waals surface area (Å²) in [5.74, 6) is 0.0488. The maximum atomic E-state index is 12.4. The first-order valence-corrected chi connectivity index (χ1v) is 8.91. The van der Waals surface area contributed by atoms with Crippen molar-refractivity contribution in [2.45, 2.75) is 13.8 Å². The molecular weight excluding hydrogens is 459 g/mol. The Kier molecular flexibility index (Phi) is 6.42. The second kappa shape index (κ2) is 8.13. The lowest BCUT2D eigenvalue weighted by Gasteiger charge is -2.14. The number of carbonyl (C=O) groups excluding carboxylic acids is 1. The van der Waals surface area contributed by atoms with Gasteiger partial charge in [-0.3, -0.25) is 10.1 Å². The molecule has 0 saturated carbocycles. The Morgan fingerprint density at radius 1 is 1.21 bits per heavy atom. The van der Waals surface area contributed by atoms with E-state index in [4.69, 9.17) is 28.6 Å². The third-order valence-electron chi connectivity index (χ3n) is 3.39. The average Bonchev–Trinajstić information content (AvgIpc) is 2.52. The van der Waals surface area contributed by atoms with Gasteiger partial charge in [0.25, 0.3) is 5.91 Å². The highest BCUT2D eigenvalue weighted by Gasteiger charge is 2.15. The van der Waals surface area contributed by atoms with Gasteiger partial charge in [0.2, 0.25) is 0 Å². The second-order valence-corrected chi connectivity index (χ2v) is 7.18. The number of amides is 1. The number of methoxy groups -OCH3 is 1. The summed E-state index contributed by atoms with van der Waals surface area (Å²) in [7, 11) is 1.49. The molecular formula is C17H16ClIN2O2S. The van der Waals surface area contributed by atoms with E-state index in [1.807, 2.05) is 19.9 Å². The number of aryl methyl sites for hydroxylation is 2. The van der Waals surface area contributed by atoms with Gasteiger partial charge in [-0.2, -0.15) is 0 Å². The molecule has 2 aromatic rings. The number of hydrogen-bond acceptors (Lipinski definition) is 3. The minimum Gasteiger partial charge on any atom is -0.496 e. The number of halogens is 2. The van der Waals surface area contributed by atoms with Gasteiger partial charge in [-0.05, 0) is 90.1 Å². The molecule has 24 heavy (non-hydrogen) atoms. The van der Waals surface area contributed by atoms with Crippen molar-refractivity contribution < 1.29 is 9.53 Å². The number of hydrogen-bond donors (Lipinski definition) is 2. The quantitative estimate of drug-likeness (QED) is 0.500. The zero-order valence-electron chi connectivity index (χ0n) is 13.4. The van der Waals surface area contributed by atoms with Crippen LogP contribution in [0.25, 0.3) is 0 Å². The summed E-state index contributed by atoms with van der Waals surface area (Å²) in [6, 6.07) is 8.89.